The van der Waals surface area contributed by atoms with Crippen molar-refractivity contribution in [3.8, 4) is 5.75 Å². The number of nitrogens with two attached hydrogens (primary N) is 1. The van der Waals surface area contributed by atoms with Crippen LogP contribution in [0.25, 0.3) is 11.2 Å². The molecule has 1 aliphatic heterocycles. The Balaban J connectivity index is 1.64. The zero-order valence-corrected chi connectivity index (χ0v) is 16.7. The van der Waals surface area contributed by atoms with Crippen LogP contribution in [0.1, 0.15) is 18.7 Å². The third-order valence-corrected chi connectivity index (χ3v) is 4.85. The molecule has 3 heterocycles. The number of nitrogens with one attached hydrogen (secondary N) is 1. The van der Waals surface area contributed by atoms with Crippen molar-refractivity contribution in [2.45, 2.75) is 31.5 Å². The predicted octanol–water partition coefficient (Wildman–Crippen LogP) is -0.135. The molecule has 0 spiro atoms. The van der Waals surface area contributed by atoms with Gasteiger partial charge in [0.1, 0.15) is 30.4 Å². The van der Waals surface area contributed by atoms with Crippen LogP contribution in [0.4, 0.5) is 11.8 Å². The summed E-state index contributed by atoms with van der Waals surface area (Å²) in [4.78, 5) is 12.5. The van der Waals surface area contributed by atoms with Crippen LogP contribution in [0.2, 0.25) is 0 Å². The minimum Gasteiger partial charge on any atom is -0.494 e. The molecule has 0 unspecified atom stereocenters. The third-order valence-electron chi connectivity index (χ3n) is 4.85. The van der Waals surface area contributed by atoms with Crippen molar-refractivity contribution < 1.29 is 24.8 Å². The van der Waals surface area contributed by atoms with Gasteiger partial charge in [-0.25, -0.2) is 20.4 Å². The summed E-state index contributed by atoms with van der Waals surface area (Å²) in [6.45, 7) is 2.03. The van der Waals surface area contributed by atoms with Crippen molar-refractivity contribution in [1.82, 2.24) is 19.5 Å². The number of hydrazone groups is 1. The van der Waals surface area contributed by atoms with E-state index in [2.05, 4.69) is 25.5 Å². The topological polar surface area (TPSA) is 173 Å². The molecule has 12 heteroatoms. The van der Waals surface area contributed by atoms with Crippen LogP contribution in [-0.4, -0.2) is 72.6 Å². The van der Waals surface area contributed by atoms with Crippen molar-refractivity contribution >= 4 is 29.1 Å². The van der Waals surface area contributed by atoms with Crippen molar-refractivity contribution in [2.24, 2.45) is 5.10 Å². The molecule has 0 saturated carbocycles. The van der Waals surface area contributed by atoms with Gasteiger partial charge >= 0.3 is 0 Å². The Labute approximate surface area is 177 Å². The Morgan fingerprint density at radius 1 is 1.26 bits per heavy atom. The molecule has 0 bridgehead atoms. The van der Waals surface area contributed by atoms with E-state index in [-0.39, 0.29) is 22.9 Å². The number of ether oxygens (including phenoxy) is 2. The third kappa shape index (κ3) is 4.01. The van der Waals surface area contributed by atoms with Gasteiger partial charge in [-0.15, -0.1) is 0 Å². The van der Waals surface area contributed by atoms with E-state index in [0.29, 0.717) is 6.61 Å². The van der Waals surface area contributed by atoms with E-state index in [4.69, 9.17) is 15.2 Å². The number of hydrogen-bond donors (Lipinski definition) is 5. The lowest BCUT2D eigenvalue weighted by Crippen LogP contribution is -2.33. The SMILES string of the molecule is CCOc1ccc(/C=N\Nc2nc3c(N)ncnc3n2[C@@H]2O[C@H](CO)[C@@H](O)[C@H]2O)cc1. The Bertz CT molecular complexity index is 1070. The van der Waals surface area contributed by atoms with Crippen LogP contribution in [0, 0.1) is 0 Å². The van der Waals surface area contributed by atoms with E-state index in [1.165, 1.54) is 10.9 Å². The molecule has 12 nitrogen and oxygen atoms in total. The Morgan fingerprint density at radius 3 is 2.71 bits per heavy atom. The average molecular weight is 429 g/mol. The number of nitrogen functional groups attached to an aromatic ring is 1. The van der Waals surface area contributed by atoms with Gasteiger partial charge in [0.2, 0.25) is 5.95 Å². The van der Waals surface area contributed by atoms with Crippen LogP contribution in [0.3, 0.4) is 0 Å². The molecule has 1 saturated heterocycles. The number of nitrogens with zero attached hydrogens (tertiary/aromatic N) is 5. The molecule has 1 aliphatic rings. The summed E-state index contributed by atoms with van der Waals surface area (Å²) in [6, 6.07) is 7.34. The van der Waals surface area contributed by atoms with E-state index in [1.54, 1.807) is 6.21 Å². The maximum Gasteiger partial charge on any atom is 0.228 e. The molecule has 3 aromatic rings. The normalized spacial score (nSPS) is 23.6. The lowest BCUT2D eigenvalue weighted by molar-refractivity contribution is -0.0501. The quantitative estimate of drug-likeness (QED) is 0.251. The Hall–Kier alpha value is -3.32. The number of imidazole rings is 1. The van der Waals surface area contributed by atoms with Gasteiger partial charge in [0.05, 0.1) is 19.4 Å². The molecule has 31 heavy (non-hydrogen) atoms. The maximum atomic E-state index is 10.5. The van der Waals surface area contributed by atoms with E-state index in [0.717, 1.165) is 11.3 Å². The van der Waals surface area contributed by atoms with Crippen LogP contribution < -0.4 is 15.9 Å². The van der Waals surface area contributed by atoms with Crippen molar-refractivity contribution in [3.63, 3.8) is 0 Å². The summed E-state index contributed by atoms with van der Waals surface area (Å²) in [5.41, 5.74) is 10.1. The van der Waals surface area contributed by atoms with Crippen LogP contribution >= 0.6 is 0 Å². The first-order valence-corrected chi connectivity index (χ1v) is 9.66. The molecule has 0 radical (unpaired) electrons. The summed E-state index contributed by atoms with van der Waals surface area (Å²) in [7, 11) is 0. The van der Waals surface area contributed by atoms with Gasteiger partial charge in [0, 0.05) is 0 Å². The zero-order chi connectivity index (χ0) is 22.0. The van der Waals surface area contributed by atoms with Crippen molar-refractivity contribution in [3.05, 3.63) is 36.2 Å². The highest BCUT2D eigenvalue weighted by molar-refractivity contribution is 5.84. The van der Waals surface area contributed by atoms with Gasteiger partial charge in [-0.1, -0.05) is 0 Å². The number of aliphatic hydroxyl groups is 3. The number of benzene rings is 1. The largest absolute Gasteiger partial charge is 0.494 e. The Morgan fingerprint density at radius 2 is 2.03 bits per heavy atom. The number of hydrogen-bond acceptors (Lipinski definition) is 11. The standard InChI is InChI=1S/C19H23N7O5/c1-2-30-11-5-3-10(4-6-11)7-23-25-19-24-13-16(20)21-9-22-17(13)26(19)18-15(29)14(28)12(8-27)31-18/h3-7,9,12,14-15,18,27-29H,2,8H2,1H3,(H,24,25)(H2,20,21,22)/b23-7-/t12-,14-,15-,18-/m1/s1. The van der Waals surface area contributed by atoms with E-state index in [9.17, 15) is 15.3 Å². The van der Waals surface area contributed by atoms with Gasteiger partial charge in [0.15, 0.2) is 23.2 Å². The second kappa shape index (κ2) is 8.81. The fraction of sp³-hybridized carbons (Fsp3) is 0.368. The summed E-state index contributed by atoms with van der Waals surface area (Å²) in [5, 5.41) is 34.2. The smallest absolute Gasteiger partial charge is 0.228 e. The number of anilines is 2. The fourth-order valence-electron chi connectivity index (χ4n) is 3.32. The van der Waals surface area contributed by atoms with Gasteiger partial charge in [0.25, 0.3) is 0 Å². The first-order valence-electron chi connectivity index (χ1n) is 9.66. The minimum atomic E-state index is -1.33. The van der Waals surface area contributed by atoms with Gasteiger partial charge in [-0.05, 0) is 36.8 Å². The average Bonchev–Trinajstić information content (AvgIpc) is 3.27. The predicted molar refractivity (Wildman–Crippen MR) is 112 cm³/mol. The summed E-state index contributed by atoms with van der Waals surface area (Å²) in [6.07, 6.45) is -1.82. The van der Waals surface area contributed by atoms with Crippen LogP contribution in [0.15, 0.2) is 35.7 Å². The first-order chi connectivity index (χ1) is 15.0. The zero-order valence-electron chi connectivity index (χ0n) is 16.7. The van der Waals surface area contributed by atoms with E-state index < -0.39 is 31.1 Å². The molecule has 164 valence electrons. The number of fused-ring (bicyclic) bond motifs is 1. The number of rotatable bonds is 7. The second-order valence-corrected chi connectivity index (χ2v) is 6.84. The van der Waals surface area contributed by atoms with Crippen molar-refractivity contribution in [2.75, 3.05) is 24.4 Å². The molecule has 1 fully saturated rings. The maximum absolute atomic E-state index is 10.5. The summed E-state index contributed by atoms with van der Waals surface area (Å²) >= 11 is 0. The number of aliphatic hydroxyl groups excluding tert-OH is 3. The van der Waals surface area contributed by atoms with Gasteiger partial charge in [-0.2, -0.15) is 5.10 Å². The highest BCUT2D eigenvalue weighted by Crippen LogP contribution is 2.35. The molecule has 0 aliphatic carbocycles. The molecular weight excluding hydrogens is 406 g/mol. The van der Waals surface area contributed by atoms with Gasteiger partial charge < -0.3 is 30.5 Å². The fourth-order valence-corrected chi connectivity index (χ4v) is 3.32. The number of aromatic nitrogens is 4. The van der Waals surface area contributed by atoms with Crippen LogP contribution in [0.5, 0.6) is 5.75 Å². The highest BCUT2D eigenvalue weighted by Gasteiger charge is 2.45. The monoisotopic (exact) mass is 429 g/mol. The lowest BCUT2D eigenvalue weighted by Gasteiger charge is -2.18. The van der Waals surface area contributed by atoms with E-state index in [1.807, 2.05) is 31.2 Å². The first kappa shape index (κ1) is 20.9. The molecule has 6 N–H and O–H groups in total. The van der Waals surface area contributed by atoms with E-state index >= 15 is 0 Å². The molecule has 4 rings (SSSR count). The second-order valence-electron chi connectivity index (χ2n) is 6.84. The molecule has 0 amide bonds. The molecule has 1 aromatic carbocycles. The summed E-state index contributed by atoms with van der Waals surface area (Å²) < 4.78 is 12.5. The highest BCUT2D eigenvalue weighted by atomic mass is 16.6. The minimum absolute atomic E-state index is 0.133. The van der Waals surface area contributed by atoms with Gasteiger partial charge in [-0.3, -0.25) is 4.57 Å². The van der Waals surface area contributed by atoms with Crippen LogP contribution in [-0.2, 0) is 4.74 Å². The molecular formula is C19H23N7O5. The Kier molecular flexibility index (Phi) is 5.95. The summed E-state index contributed by atoms with van der Waals surface area (Å²) in [5.74, 6) is 1.06. The molecule has 2 aromatic heterocycles. The van der Waals surface area contributed by atoms with Crippen molar-refractivity contribution in [1.29, 1.82) is 0 Å². The lowest BCUT2D eigenvalue weighted by atomic mass is 10.1. The molecule has 4 atom stereocenters.